The highest BCUT2D eigenvalue weighted by Crippen LogP contribution is 2.40. The van der Waals surface area contributed by atoms with Crippen molar-refractivity contribution in [2.24, 2.45) is 11.3 Å². The Kier molecular flexibility index (Phi) is 3.28. The van der Waals surface area contributed by atoms with E-state index >= 15 is 0 Å². The summed E-state index contributed by atoms with van der Waals surface area (Å²) in [6.45, 7) is 9.16. The molecule has 1 fully saturated rings. The van der Waals surface area contributed by atoms with E-state index in [1.165, 1.54) is 24.2 Å². The number of nitriles is 1. The number of rotatable bonds is 3. The smallest absolute Gasteiger partial charge is 0.110 e. The zero-order valence-electron chi connectivity index (χ0n) is 13.3. The summed E-state index contributed by atoms with van der Waals surface area (Å²) in [7, 11) is 0. The monoisotopic (exact) mass is 281 g/mol. The first-order valence-electron chi connectivity index (χ1n) is 7.81. The van der Waals surface area contributed by atoms with E-state index in [1.807, 2.05) is 12.1 Å². The van der Waals surface area contributed by atoms with Gasteiger partial charge in [0.25, 0.3) is 0 Å². The van der Waals surface area contributed by atoms with Crippen LogP contribution in [0.3, 0.4) is 0 Å². The molecule has 0 saturated heterocycles. The van der Waals surface area contributed by atoms with Gasteiger partial charge in [-0.3, -0.25) is 0 Å². The van der Waals surface area contributed by atoms with Gasteiger partial charge in [0.15, 0.2) is 0 Å². The zero-order chi connectivity index (χ0) is 15.2. The van der Waals surface area contributed by atoms with E-state index in [2.05, 4.69) is 44.4 Å². The fourth-order valence-corrected chi connectivity index (χ4v) is 2.68. The number of imidazole rings is 1. The molecule has 1 saturated carbocycles. The molecule has 0 bridgehead atoms. The molecule has 1 aliphatic rings. The van der Waals surface area contributed by atoms with Crippen LogP contribution in [0.5, 0.6) is 0 Å². The van der Waals surface area contributed by atoms with Crippen LogP contribution in [0.15, 0.2) is 18.2 Å². The lowest BCUT2D eigenvalue weighted by molar-refractivity contribution is 0.255. The third kappa shape index (κ3) is 2.68. The first-order valence-corrected chi connectivity index (χ1v) is 7.81. The summed E-state index contributed by atoms with van der Waals surface area (Å²) in [6, 6.07) is 8.70. The quantitative estimate of drug-likeness (QED) is 0.833. The number of hydrogen-bond donors (Lipinski definition) is 0. The van der Waals surface area contributed by atoms with E-state index < -0.39 is 0 Å². The van der Waals surface area contributed by atoms with Gasteiger partial charge >= 0.3 is 0 Å². The van der Waals surface area contributed by atoms with E-state index in [9.17, 15) is 0 Å². The van der Waals surface area contributed by atoms with Gasteiger partial charge in [0.2, 0.25) is 0 Å². The third-order valence-electron chi connectivity index (χ3n) is 4.77. The number of aromatic nitrogens is 2. The summed E-state index contributed by atoms with van der Waals surface area (Å²) in [5, 5.41) is 9.06. The summed E-state index contributed by atoms with van der Waals surface area (Å²) >= 11 is 0. The van der Waals surface area contributed by atoms with Crippen molar-refractivity contribution in [1.29, 1.82) is 5.26 Å². The Balaban J connectivity index is 2.05. The molecule has 0 amide bonds. The Morgan fingerprint density at radius 1 is 1.38 bits per heavy atom. The van der Waals surface area contributed by atoms with Crippen molar-refractivity contribution >= 4 is 11.0 Å². The van der Waals surface area contributed by atoms with Gasteiger partial charge in [0.05, 0.1) is 22.7 Å². The van der Waals surface area contributed by atoms with Crippen molar-refractivity contribution < 1.29 is 0 Å². The maximum Gasteiger partial charge on any atom is 0.110 e. The van der Waals surface area contributed by atoms with Crippen LogP contribution < -0.4 is 0 Å². The summed E-state index contributed by atoms with van der Waals surface area (Å²) in [6.07, 6.45) is 3.50. The minimum Gasteiger partial charge on any atom is -0.325 e. The number of benzene rings is 1. The van der Waals surface area contributed by atoms with Crippen LogP contribution >= 0.6 is 0 Å². The molecule has 1 unspecified atom stereocenters. The van der Waals surface area contributed by atoms with Crippen LogP contribution in [0.2, 0.25) is 0 Å². The molecular formula is C18H23N3. The van der Waals surface area contributed by atoms with Gasteiger partial charge in [-0.25, -0.2) is 4.98 Å². The first kappa shape index (κ1) is 14.1. The van der Waals surface area contributed by atoms with Crippen LogP contribution in [0.1, 0.15) is 58.0 Å². The summed E-state index contributed by atoms with van der Waals surface area (Å²) in [5.41, 5.74) is 3.13. The predicted octanol–water partition coefficient (Wildman–Crippen LogP) is 4.47. The van der Waals surface area contributed by atoms with E-state index in [4.69, 9.17) is 10.2 Å². The summed E-state index contributed by atoms with van der Waals surface area (Å²) in [5.74, 6) is 1.76. The van der Waals surface area contributed by atoms with Gasteiger partial charge < -0.3 is 4.57 Å². The van der Waals surface area contributed by atoms with Crippen LogP contribution in [-0.2, 0) is 6.42 Å². The molecule has 110 valence electrons. The highest BCUT2D eigenvalue weighted by molar-refractivity contribution is 5.78. The topological polar surface area (TPSA) is 41.6 Å². The van der Waals surface area contributed by atoms with Crippen LogP contribution in [0.4, 0.5) is 0 Å². The van der Waals surface area contributed by atoms with Gasteiger partial charge in [0, 0.05) is 12.5 Å². The molecule has 21 heavy (non-hydrogen) atoms. The zero-order valence-corrected chi connectivity index (χ0v) is 13.3. The highest BCUT2D eigenvalue weighted by atomic mass is 15.1. The molecular weight excluding hydrogens is 258 g/mol. The second kappa shape index (κ2) is 4.87. The van der Waals surface area contributed by atoms with E-state index in [0.717, 1.165) is 11.9 Å². The highest BCUT2D eigenvalue weighted by Gasteiger charge is 2.30. The molecule has 0 radical (unpaired) electrons. The van der Waals surface area contributed by atoms with E-state index in [-0.39, 0.29) is 5.41 Å². The van der Waals surface area contributed by atoms with Crippen molar-refractivity contribution in [1.82, 2.24) is 9.55 Å². The second-order valence-corrected chi connectivity index (χ2v) is 7.42. The Morgan fingerprint density at radius 3 is 2.67 bits per heavy atom. The van der Waals surface area contributed by atoms with E-state index in [0.29, 0.717) is 17.5 Å². The minimum absolute atomic E-state index is 0.282. The number of hydrogen-bond acceptors (Lipinski definition) is 2. The SMILES string of the molecule is CC(Cc1nc2cc(C#N)ccc2n1C1CC1)C(C)(C)C. The first-order chi connectivity index (χ1) is 9.90. The molecule has 3 heteroatoms. The van der Waals surface area contributed by atoms with Crippen molar-refractivity contribution in [2.75, 3.05) is 0 Å². The molecule has 2 aromatic rings. The Bertz CT molecular complexity index is 708. The average Bonchev–Trinajstić information content (AvgIpc) is 3.18. The Morgan fingerprint density at radius 2 is 2.10 bits per heavy atom. The van der Waals surface area contributed by atoms with Gasteiger partial charge in [-0.05, 0) is 42.4 Å². The van der Waals surface area contributed by atoms with Gasteiger partial charge in [0.1, 0.15) is 5.82 Å². The van der Waals surface area contributed by atoms with Crippen molar-refractivity contribution in [3.05, 3.63) is 29.6 Å². The second-order valence-electron chi connectivity index (χ2n) is 7.42. The summed E-state index contributed by atoms with van der Waals surface area (Å²) in [4.78, 5) is 4.85. The standard InChI is InChI=1S/C18H23N3/c1-12(18(2,3)4)9-17-20-15-10-13(11-19)5-8-16(15)21(17)14-6-7-14/h5,8,10,12,14H,6-7,9H2,1-4H3. The number of nitrogens with zero attached hydrogens (tertiary/aromatic N) is 3. The molecule has 0 N–H and O–H groups in total. The Labute approximate surface area is 126 Å². The molecule has 1 aromatic heterocycles. The van der Waals surface area contributed by atoms with Gasteiger partial charge in [-0.15, -0.1) is 0 Å². The molecule has 1 heterocycles. The lowest BCUT2D eigenvalue weighted by atomic mass is 9.80. The Hall–Kier alpha value is -1.82. The maximum atomic E-state index is 9.06. The lowest BCUT2D eigenvalue weighted by Gasteiger charge is -2.27. The minimum atomic E-state index is 0.282. The van der Waals surface area contributed by atoms with Crippen LogP contribution in [0.25, 0.3) is 11.0 Å². The third-order valence-corrected chi connectivity index (χ3v) is 4.77. The lowest BCUT2D eigenvalue weighted by Crippen LogP contribution is -2.21. The van der Waals surface area contributed by atoms with Gasteiger partial charge in [-0.2, -0.15) is 5.26 Å². The molecule has 1 aliphatic carbocycles. The molecule has 3 rings (SSSR count). The van der Waals surface area contributed by atoms with Crippen LogP contribution in [-0.4, -0.2) is 9.55 Å². The fraction of sp³-hybridized carbons (Fsp3) is 0.556. The molecule has 0 aliphatic heterocycles. The molecule has 0 spiro atoms. The number of fused-ring (bicyclic) bond motifs is 1. The van der Waals surface area contributed by atoms with Gasteiger partial charge in [-0.1, -0.05) is 27.7 Å². The molecule has 3 nitrogen and oxygen atoms in total. The van der Waals surface area contributed by atoms with Crippen LogP contribution in [0, 0.1) is 22.7 Å². The fourth-order valence-electron chi connectivity index (χ4n) is 2.68. The largest absolute Gasteiger partial charge is 0.325 e. The normalized spacial score (nSPS) is 16.9. The van der Waals surface area contributed by atoms with Crippen molar-refractivity contribution in [2.45, 2.75) is 53.0 Å². The van der Waals surface area contributed by atoms with E-state index in [1.54, 1.807) is 0 Å². The van der Waals surface area contributed by atoms with Crippen molar-refractivity contribution in [3.8, 4) is 6.07 Å². The summed E-state index contributed by atoms with van der Waals surface area (Å²) < 4.78 is 2.42. The molecule has 1 aromatic carbocycles. The van der Waals surface area contributed by atoms with Crippen molar-refractivity contribution in [3.63, 3.8) is 0 Å². The predicted molar refractivity (Wildman–Crippen MR) is 85.0 cm³/mol. The molecule has 1 atom stereocenters. The maximum absolute atomic E-state index is 9.06. The average molecular weight is 281 g/mol.